The molecule has 144 valence electrons. The number of nitrogens with zero attached hydrogens (tertiary/aromatic N) is 3. The van der Waals surface area contributed by atoms with Crippen LogP contribution in [0, 0.1) is 5.82 Å². The van der Waals surface area contributed by atoms with E-state index in [1.54, 1.807) is 17.2 Å². The minimum atomic E-state index is -0.307. The smallest absolute Gasteiger partial charge is 0.214 e. The highest BCUT2D eigenvalue weighted by molar-refractivity contribution is 6.02. The van der Waals surface area contributed by atoms with Crippen LogP contribution in [0.15, 0.2) is 73.2 Å². The summed E-state index contributed by atoms with van der Waals surface area (Å²) < 4.78 is 13.8. The summed E-state index contributed by atoms with van der Waals surface area (Å²) in [5.41, 5.74) is 5.38. The van der Waals surface area contributed by atoms with Gasteiger partial charge in [-0.1, -0.05) is 36.4 Å². The Labute approximate surface area is 167 Å². The molecule has 0 bridgehead atoms. The second kappa shape index (κ2) is 7.67. The average molecular weight is 386 g/mol. The summed E-state index contributed by atoms with van der Waals surface area (Å²) in [7, 11) is 0. The van der Waals surface area contributed by atoms with Crippen LogP contribution < -0.4 is 4.90 Å². The van der Waals surface area contributed by atoms with Crippen molar-refractivity contribution in [2.24, 2.45) is 0 Å². The van der Waals surface area contributed by atoms with Crippen LogP contribution in [0.5, 0.6) is 0 Å². The summed E-state index contributed by atoms with van der Waals surface area (Å²) in [6.07, 6.45) is 4.08. The topological polar surface area (TPSA) is 61.9 Å². The molecule has 0 saturated carbocycles. The predicted molar refractivity (Wildman–Crippen MR) is 113 cm³/mol. The number of halogens is 1. The second-order valence-corrected chi connectivity index (χ2v) is 6.90. The van der Waals surface area contributed by atoms with Crippen LogP contribution in [0.3, 0.4) is 0 Å². The van der Waals surface area contributed by atoms with Crippen LogP contribution in [-0.4, -0.2) is 27.9 Å². The third kappa shape index (κ3) is 3.65. The lowest BCUT2D eigenvalue weighted by molar-refractivity contribution is -0.107. The zero-order chi connectivity index (χ0) is 20.4. The maximum atomic E-state index is 13.8. The Morgan fingerprint density at radius 2 is 1.97 bits per heavy atom. The molecule has 0 fully saturated rings. The first-order chi connectivity index (χ1) is 14.1. The number of H-pyrrole nitrogens is 1. The van der Waals surface area contributed by atoms with Gasteiger partial charge in [0.1, 0.15) is 17.8 Å². The minimum absolute atomic E-state index is 0.307. The van der Waals surface area contributed by atoms with Gasteiger partial charge >= 0.3 is 0 Å². The van der Waals surface area contributed by atoms with E-state index in [0.29, 0.717) is 17.9 Å². The minimum Gasteiger partial charge on any atom is -0.345 e. The number of nitrogens with one attached hydrogen (secondary N) is 1. The molecule has 0 aliphatic heterocycles. The molecule has 5 nitrogen and oxygen atoms in total. The third-order valence-corrected chi connectivity index (χ3v) is 4.62. The Morgan fingerprint density at radius 3 is 2.72 bits per heavy atom. The van der Waals surface area contributed by atoms with Crippen molar-refractivity contribution in [2.45, 2.75) is 6.92 Å². The highest BCUT2D eigenvalue weighted by atomic mass is 19.1. The third-order valence-electron chi connectivity index (χ3n) is 4.62. The summed E-state index contributed by atoms with van der Waals surface area (Å²) in [6.45, 7) is 6.19. The number of hydrogen-bond donors (Lipinski definition) is 1. The zero-order valence-corrected chi connectivity index (χ0v) is 15.9. The van der Waals surface area contributed by atoms with Crippen molar-refractivity contribution in [2.75, 3.05) is 11.4 Å². The molecule has 29 heavy (non-hydrogen) atoms. The summed E-state index contributed by atoms with van der Waals surface area (Å²) in [5.74, 6) is -0.307. The van der Waals surface area contributed by atoms with Gasteiger partial charge in [-0.15, -0.1) is 0 Å². The number of aromatic nitrogens is 3. The molecule has 0 aliphatic rings. The average Bonchev–Trinajstić information content (AvgIpc) is 3.16. The summed E-state index contributed by atoms with van der Waals surface area (Å²) in [6, 6.07) is 14.0. The first-order valence-electron chi connectivity index (χ1n) is 9.11. The van der Waals surface area contributed by atoms with E-state index in [9.17, 15) is 9.18 Å². The normalized spacial score (nSPS) is 10.8. The number of carbonyl (C=O) groups is 1. The molecule has 4 aromatic rings. The van der Waals surface area contributed by atoms with Crippen molar-refractivity contribution in [3.8, 4) is 22.4 Å². The van der Waals surface area contributed by atoms with Crippen LogP contribution >= 0.6 is 0 Å². The molecule has 0 unspecified atom stereocenters. The lowest BCUT2D eigenvalue weighted by Gasteiger charge is -2.18. The number of fused-ring (bicyclic) bond motifs is 1. The molecule has 6 heteroatoms. The standard InChI is InChI=1S/C23H19FN4O/c1-15(2)12-28(14-29)19-8-4-6-17(10-19)22-21-20(11-25-23(21)27-13-26-22)16-5-3-7-18(24)9-16/h3-11,13-14H,1,12H2,2H3,(H,25,26,27). The number of rotatable bonds is 6. The molecule has 0 spiro atoms. The van der Waals surface area contributed by atoms with E-state index < -0.39 is 0 Å². The van der Waals surface area contributed by atoms with Gasteiger partial charge in [0.25, 0.3) is 0 Å². The Morgan fingerprint density at radius 1 is 1.17 bits per heavy atom. The van der Waals surface area contributed by atoms with E-state index in [1.807, 2.05) is 37.3 Å². The van der Waals surface area contributed by atoms with Crippen LogP contribution in [0.2, 0.25) is 0 Å². The second-order valence-electron chi connectivity index (χ2n) is 6.90. The maximum absolute atomic E-state index is 13.8. The van der Waals surface area contributed by atoms with E-state index in [-0.39, 0.29) is 5.82 Å². The summed E-state index contributed by atoms with van der Waals surface area (Å²) >= 11 is 0. The Balaban J connectivity index is 1.87. The predicted octanol–water partition coefficient (Wildman–Crippen LogP) is 4.97. The number of amides is 1. The number of benzene rings is 2. The molecule has 2 aromatic carbocycles. The Bertz CT molecular complexity index is 1210. The highest BCUT2D eigenvalue weighted by Crippen LogP contribution is 2.35. The zero-order valence-electron chi connectivity index (χ0n) is 15.9. The van der Waals surface area contributed by atoms with Crippen LogP contribution in [0.1, 0.15) is 6.92 Å². The van der Waals surface area contributed by atoms with E-state index in [4.69, 9.17) is 0 Å². The molecule has 4 rings (SSSR count). The van der Waals surface area contributed by atoms with Gasteiger partial charge in [-0.25, -0.2) is 14.4 Å². The molecule has 2 heterocycles. The first-order valence-corrected chi connectivity index (χ1v) is 9.11. The summed E-state index contributed by atoms with van der Waals surface area (Å²) in [4.78, 5) is 25.1. The SMILES string of the molecule is C=C(C)CN(C=O)c1cccc(-c2ncnc3[nH]cc(-c4cccc(F)c4)c23)c1. The van der Waals surface area contributed by atoms with E-state index in [1.165, 1.54) is 18.5 Å². The van der Waals surface area contributed by atoms with Gasteiger partial charge in [0.15, 0.2) is 0 Å². The Kier molecular flexibility index (Phi) is 4.91. The molecule has 1 N–H and O–H groups in total. The van der Waals surface area contributed by atoms with Gasteiger partial charge < -0.3 is 9.88 Å². The van der Waals surface area contributed by atoms with Crippen LogP contribution in [0.4, 0.5) is 10.1 Å². The van der Waals surface area contributed by atoms with Gasteiger partial charge in [0.05, 0.1) is 11.1 Å². The fourth-order valence-electron chi connectivity index (χ4n) is 3.38. The van der Waals surface area contributed by atoms with Crippen LogP contribution in [-0.2, 0) is 4.79 Å². The first kappa shape index (κ1) is 18.6. The lowest BCUT2D eigenvalue weighted by Crippen LogP contribution is -2.22. The molecule has 0 saturated heterocycles. The van der Waals surface area contributed by atoms with Crippen LogP contribution in [0.25, 0.3) is 33.4 Å². The summed E-state index contributed by atoms with van der Waals surface area (Å²) in [5, 5.41) is 0.799. The quantitative estimate of drug-likeness (QED) is 0.376. The van der Waals surface area contributed by atoms with Crippen molar-refractivity contribution < 1.29 is 9.18 Å². The van der Waals surface area contributed by atoms with Gasteiger partial charge in [-0.3, -0.25) is 4.79 Å². The molecular weight excluding hydrogens is 367 g/mol. The molecule has 0 aliphatic carbocycles. The van der Waals surface area contributed by atoms with Crippen molar-refractivity contribution >= 4 is 23.1 Å². The monoisotopic (exact) mass is 386 g/mol. The Hall–Kier alpha value is -3.80. The molecule has 1 amide bonds. The van der Waals surface area contributed by atoms with Crippen molar-refractivity contribution in [3.63, 3.8) is 0 Å². The van der Waals surface area contributed by atoms with Crippen molar-refractivity contribution in [1.82, 2.24) is 15.0 Å². The van der Waals surface area contributed by atoms with E-state index in [0.717, 1.165) is 39.7 Å². The largest absolute Gasteiger partial charge is 0.345 e. The van der Waals surface area contributed by atoms with Gasteiger partial charge in [-0.05, 0) is 36.8 Å². The fourth-order valence-corrected chi connectivity index (χ4v) is 3.38. The number of hydrogen-bond acceptors (Lipinski definition) is 3. The molecular formula is C23H19FN4O. The highest BCUT2D eigenvalue weighted by Gasteiger charge is 2.16. The van der Waals surface area contributed by atoms with E-state index >= 15 is 0 Å². The molecule has 0 radical (unpaired) electrons. The molecule has 2 aromatic heterocycles. The maximum Gasteiger partial charge on any atom is 0.214 e. The van der Waals surface area contributed by atoms with Crippen molar-refractivity contribution in [1.29, 1.82) is 0 Å². The fraction of sp³-hybridized carbons (Fsp3) is 0.0870. The van der Waals surface area contributed by atoms with E-state index in [2.05, 4.69) is 21.5 Å². The van der Waals surface area contributed by atoms with Gasteiger partial charge in [-0.2, -0.15) is 0 Å². The number of carbonyl (C=O) groups excluding carboxylic acids is 1. The lowest BCUT2D eigenvalue weighted by atomic mass is 10.0. The van der Waals surface area contributed by atoms with Gasteiger partial charge in [0, 0.05) is 29.6 Å². The number of anilines is 1. The number of aromatic amines is 1. The van der Waals surface area contributed by atoms with Gasteiger partial charge in [0.2, 0.25) is 6.41 Å². The van der Waals surface area contributed by atoms with Crippen molar-refractivity contribution in [3.05, 3.63) is 79.0 Å². The molecule has 0 atom stereocenters.